The number of hydrogen-bond acceptors (Lipinski definition) is 3. The quantitative estimate of drug-likeness (QED) is 0.586. The smallest absolute Gasteiger partial charge is 0.326 e. The van der Waals surface area contributed by atoms with Gasteiger partial charge in [-0.15, -0.1) is 0 Å². The lowest BCUT2D eigenvalue weighted by Gasteiger charge is -2.27. The van der Waals surface area contributed by atoms with Crippen LogP contribution in [0.25, 0.3) is 0 Å². The first-order valence-electron chi connectivity index (χ1n) is 5.51. The van der Waals surface area contributed by atoms with Gasteiger partial charge in [-0.05, 0) is 24.8 Å². The average Bonchev–Trinajstić information content (AvgIpc) is 2.12. The standard InChI is InChI=1S/C11H22N2O3/c1-11(2,3)9(10(15)16)13-8(14)6-4-5-7-12/h9H,4-7,12H2,1-3H3,(H,13,14)(H,15,16)/t9-/m1/s1. The lowest BCUT2D eigenvalue weighted by atomic mass is 9.86. The molecule has 0 heterocycles. The Bertz CT molecular complexity index is 246. The molecule has 16 heavy (non-hydrogen) atoms. The minimum atomic E-state index is -1.00. The van der Waals surface area contributed by atoms with Gasteiger partial charge in [0.05, 0.1) is 0 Å². The molecule has 0 saturated carbocycles. The molecule has 0 spiro atoms. The van der Waals surface area contributed by atoms with E-state index in [1.165, 1.54) is 0 Å². The number of aliphatic carboxylic acids is 1. The van der Waals surface area contributed by atoms with E-state index in [2.05, 4.69) is 5.32 Å². The van der Waals surface area contributed by atoms with E-state index in [0.29, 0.717) is 19.4 Å². The molecule has 0 aromatic carbocycles. The normalized spacial score (nSPS) is 13.2. The number of amides is 1. The molecule has 4 N–H and O–H groups in total. The van der Waals surface area contributed by atoms with Gasteiger partial charge in [-0.3, -0.25) is 4.79 Å². The second-order valence-corrected chi connectivity index (χ2v) is 4.95. The van der Waals surface area contributed by atoms with Crippen LogP contribution in [0.4, 0.5) is 0 Å². The van der Waals surface area contributed by atoms with Gasteiger partial charge in [0, 0.05) is 6.42 Å². The van der Waals surface area contributed by atoms with E-state index in [1.807, 2.05) is 0 Å². The first kappa shape index (κ1) is 14.9. The Kier molecular flexibility index (Phi) is 6.03. The van der Waals surface area contributed by atoms with Gasteiger partial charge >= 0.3 is 5.97 Å². The predicted octanol–water partition coefficient (Wildman–Crippen LogP) is 0.731. The van der Waals surface area contributed by atoms with Crippen LogP contribution in [0.15, 0.2) is 0 Å². The highest BCUT2D eigenvalue weighted by Gasteiger charge is 2.32. The molecule has 0 aliphatic carbocycles. The van der Waals surface area contributed by atoms with Gasteiger partial charge in [0.1, 0.15) is 6.04 Å². The molecule has 0 unspecified atom stereocenters. The van der Waals surface area contributed by atoms with Crippen molar-refractivity contribution in [3.63, 3.8) is 0 Å². The molecule has 5 nitrogen and oxygen atoms in total. The number of carbonyl (C=O) groups is 2. The highest BCUT2D eigenvalue weighted by molar-refractivity contribution is 5.84. The van der Waals surface area contributed by atoms with Crippen molar-refractivity contribution < 1.29 is 14.7 Å². The summed E-state index contributed by atoms with van der Waals surface area (Å²) in [6, 6.07) is -0.849. The van der Waals surface area contributed by atoms with Crippen molar-refractivity contribution in [2.75, 3.05) is 6.54 Å². The van der Waals surface area contributed by atoms with Crippen LogP contribution in [0.2, 0.25) is 0 Å². The van der Waals surface area contributed by atoms with Crippen molar-refractivity contribution in [3.05, 3.63) is 0 Å². The van der Waals surface area contributed by atoms with E-state index in [-0.39, 0.29) is 5.91 Å². The Morgan fingerprint density at radius 3 is 2.25 bits per heavy atom. The Hall–Kier alpha value is -1.10. The van der Waals surface area contributed by atoms with Crippen molar-refractivity contribution in [2.24, 2.45) is 11.1 Å². The minimum Gasteiger partial charge on any atom is -0.480 e. The molecule has 0 fully saturated rings. The topological polar surface area (TPSA) is 92.4 Å². The first-order chi connectivity index (χ1) is 7.29. The fraction of sp³-hybridized carbons (Fsp3) is 0.818. The summed E-state index contributed by atoms with van der Waals surface area (Å²) in [6.45, 7) is 5.90. The predicted molar refractivity (Wildman–Crippen MR) is 61.9 cm³/mol. The monoisotopic (exact) mass is 230 g/mol. The van der Waals surface area contributed by atoms with Crippen LogP contribution < -0.4 is 11.1 Å². The molecule has 0 aliphatic heterocycles. The first-order valence-corrected chi connectivity index (χ1v) is 5.51. The van der Waals surface area contributed by atoms with Crippen molar-refractivity contribution >= 4 is 11.9 Å². The van der Waals surface area contributed by atoms with Crippen LogP contribution >= 0.6 is 0 Å². The minimum absolute atomic E-state index is 0.226. The number of carboxylic acids is 1. The van der Waals surface area contributed by atoms with Crippen LogP contribution in [-0.4, -0.2) is 29.6 Å². The molecule has 0 aromatic heterocycles. The summed E-state index contributed by atoms with van der Waals surface area (Å²) in [6.07, 6.45) is 1.80. The molecular formula is C11H22N2O3. The molecule has 0 radical (unpaired) electrons. The zero-order valence-corrected chi connectivity index (χ0v) is 10.2. The van der Waals surface area contributed by atoms with Crippen molar-refractivity contribution in [2.45, 2.75) is 46.1 Å². The third-order valence-corrected chi connectivity index (χ3v) is 2.28. The molecule has 0 aromatic rings. The number of carbonyl (C=O) groups excluding carboxylic acids is 1. The Balaban J connectivity index is 4.21. The van der Waals surface area contributed by atoms with Gasteiger partial charge in [0.25, 0.3) is 0 Å². The number of unbranched alkanes of at least 4 members (excludes halogenated alkanes) is 1. The third-order valence-electron chi connectivity index (χ3n) is 2.28. The Morgan fingerprint density at radius 2 is 1.88 bits per heavy atom. The van der Waals surface area contributed by atoms with Crippen LogP contribution in [0, 0.1) is 5.41 Å². The van der Waals surface area contributed by atoms with E-state index in [9.17, 15) is 9.59 Å². The number of carboxylic acid groups (broad SMARTS) is 1. The van der Waals surface area contributed by atoms with Crippen molar-refractivity contribution in [1.82, 2.24) is 5.32 Å². The maximum atomic E-state index is 11.5. The molecule has 5 heteroatoms. The lowest BCUT2D eigenvalue weighted by molar-refractivity contribution is -0.144. The molecule has 94 valence electrons. The molecule has 0 bridgehead atoms. The summed E-state index contributed by atoms with van der Waals surface area (Å²) >= 11 is 0. The van der Waals surface area contributed by atoms with Gasteiger partial charge in [-0.2, -0.15) is 0 Å². The number of hydrogen-bond donors (Lipinski definition) is 3. The van der Waals surface area contributed by atoms with Crippen LogP contribution in [-0.2, 0) is 9.59 Å². The SMILES string of the molecule is CC(C)(C)[C@H](NC(=O)CCCCN)C(=O)O. The van der Waals surface area contributed by atoms with Crippen LogP contribution in [0.5, 0.6) is 0 Å². The zero-order valence-electron chi connectivity index (χ0n) is 10.2. The summed E-state index contributed by atoms with van der Waals surface area (Å²) in [5.41, 5.74) is 4.82. The summed E-state index contributed by atoms with van der Waals surface area (Å²) in [4.78, 5) is 22.4. The number of nitrogens with two attached hydrogens (primary N) is 1. The van der Waals surface area contributed by atoms with Gasteiger partial charge in [0.2, 0.25) is 5.91 Å². The Labute approximate surface area is 96.4 Å². The Morgan fingerprint density at radius 1 is 1.31 bits per heavy atom. The largest absolute Gasteiger partial charge is 0.480 e. The lowest BCUT2D eigenvalue weighted by Crippen LogP contribution is -2.49. The summed E-state index contributed by atoms with van der Waals surface area (Å²) < 4.78 is 0. The maximum Gasteiger partial charge on any atom is 0.326 e. The summed E-state index contributed by atoms with van der Waals surface area (Å²) in [7, 11) is 0. The third kappa shape index (κ3) is 5.70. The highest BCUT2D eigenvalue weighted by atomic mass is 16.4. The summed E-state index contributed by atoms with van der Waals surface area (Å²) in [5.74, 6) is -1.23. The molecule has 0 rings (SSSR count). The van der Waals surface area contributed by atoms with E-state index in [4.69, 9.17) is 10.8 Å². The van der Waals surface area contributed by atoms with Gasteiger partial charge < -0.3 is 16.2 Å². The van der Waals surface area contributed by atoms with Crippen LogP contribution in [0.3, 0.4) is 0 Å². The van der Waals surface area contributed by atoms with E-state index in [1.54, 1.807) is 20.8 Å². The molecule has 0 aliphatic rings. The molecule has 1 atom stereocenters. The van der Waals surface area contributed by atoms with E-state index in [0.717, 1.165) is 6.42 Å². The number of nitrogens with one attached hydrogen (secondary N) is 1. The van der Waals surface area contributed by atoms with Gasteiger partial charge in [-0.25, -0.2) is 4.79 Å². The average molecular weight is 230 g/mol. The summed E-state index contributed by atoms with van der Waals surface area (Å²) in [5, 5.41) is 11.5. The fourth-order valence-corrected chi connectivity index (χ4v) is 1.31. The van der Waals surface area contributed by atoms with Crippen molar-refractivity contribution in [1.29, 1.82) is 0 Å². The van der Waals surface area contributed by atoms with Gasteiger partial charge in [0.15, 0.2) is 0 Å². The van der Waals surface area contributed by atoms with Gasteiger partial charge in [-0.1, -0.05) is 20.8 Å². The fourth-order valence-electron chi connectivity index (χ4n) is 1.31. The second kappa shape index (κ2) is 6.48. The van der Waals surface area contributed by atoms with Crippen LogP contribution in [0.1, 0.15) is 40.0 Å². The van der Waals surface area contributed by atoms with Crippen molar-refractivity contribution in [3.8, 4) is 0 Å². The molecule has 1 amide bonds. The zero-order chi connectivity index (χ0) is 12.8. The highest BCUT2D eigenvalue weighted by Crippen LogP contribution is 2.19. The molecule has 0 saturated heterocycles. The second-order valence-electron chi connectivity index (χ2n) is 4.95. The van der Waals surface area contributed by atoms with E-state index >= 15 is 0 Å². The maximum absolute atomic E-state index is 11.5. The number of rotatable bonds is 6. The molecular weight excluding hydrogens is 208 g/mol. The van der Waals surface area contributed by atoms with E-state index < -0.39 is 17.4 Å².